The largest absolute Gasteiger partial charge is 0.505 e. The minimum Gasteiger partial charge on any atom is -0.505 e. The number of phenols is 1. The maximum Gasteiger partial charge on any atom is 0.167 e. The molecule has 0 aliphatic rings. The second-order valence-electron chi connectivity index (χ2n) is 2.77. The lowest BCUT2D eigenvalue weighted by Gasteiger charge is -2.02. The first kappa shape index (κ1) is 9.64. The highest BCUT2D eigenvalue weighted by Gasteiger charge is 2.10. The molecule has 0 aromatic heterocycles. The molecular weight excluding hydrogens is 178 g/mol. The van der Waals surface area contributed by atoms with Crippen molar-refractivity contribution in [3.8, 4) is 5.75 Å². The number of halogens is 2. The van der Waals surface area contributed by atoms with E-state index in [0.29, 0.717) is 6.07 Å². The summed E-state index contributed by atoms with van der Waals surface area (Å²) < 4.78 is 25.4. The zero-order valence-corrected chi connectivity index (χ0v) is 6.97. The maximum absolute atomic E-state index is 12.9. The smallest absolute Gasteiger partial charge is 0.167 e. The fraction of sp³-hybridized carbons (Fsp3) is 0.222. The number of hydrogen-bond acceptors (Lipinski definition) is 2. The van der Waals surface area contributed by atoms with E-state index in [0.717, 1.165) is 6.07 Å². The van der Waals surface area contributed by atoms with E-state index in [4.69, 9.17) is 5.11 Å². The average Bonchev–Trinajstić information content (AvgIpc) is 1.99. The molecular formula is C9H8F2O2. The van der Waals surface area contributed by atoms with Crippen LogP contribution >= 0.6 is 0 Å². The molecule has 0 fully saturated rings. The van der Waals surface area contributed by atoms with Crippen molar-refractivity contribution >= 4 is 5.78 Å². The molecule has 1 rings (SSSR count). The van der Waals surface area contributed by atoms with Crippen molar-refractivity contribution in [3.63, 3.8) is 0 Å². The standard InChI is InChI=1S/C9H8F2O2/c1-5(12)2-6-3-9(13)8(11)4-7(6)10/h3-4,13H,2H2,1H3. The first-order valence-electron chi connectivity index (χ1n) is 3.67. The lowest BCUT2D eigenvalue weighted by Crippen LogP contribution is -1.99. The van der Waals surface area contributed by atoms with Crippen LogP contribution in [0.3, 0.4) is 0 Å². The highest BCUT2D eigenvalue weighted by atomic mass is 19.1. The summed E-state index contributed by atoms with van der Waals surface area (Å²) in [5.74, 6) is -2.72. The SMILES string of the molecule is CC(=O)Cc1cc(O)c(F)cc1F. The Morgan fingerprint density at radius 2 is 2.00 bits per heavy atom. The van der Waals surface area contributed by atoms with Crippen LogP contribution < -0.4 is 0 Å². The molecule has 1 aromatic rings. The number of Topliss-reactive ketones (excluding diaryl/α,β-unsaturated/α-hetero) is 1. The average molecular weight is 186 g/mol. The van der Waals surface area contributed by atoms with Gasteiger partial charge < -0.3 is 5.11 Å². The number of aromatic hydroxyl groups is 1. The highest BCUT2D eigenvalue weighted by Crippen LogP contribution is 2.20. The summed E-state index contributed by atoms with van der Waals surface area (Å²) in [5.41, 5.74) is 0.00593. The third kappa shape index (κ3) is 2.24. The monoisotopic (exact) mass is 186 g/mol. The lowest BCUT2D eigenvalue weighted by molar-refractivity contribution is -0.116. The third-order valence-electron chi connectivity index (χ3n) is 1.56. The van der Waals surface area contributed by atoms with Crippen LogP contribution in [0.1, 0.15) is 12.5 Å². The van der Waals surface area contributed by atoms with Gasteiger partial charge in [0.2, 0.25) is 0 Å². The number of rotatable bonds is 2. The van der Waals surface area contributed by atoms with Gasteiger partial charge in [-0.2, -0.15) is 0 Å². The number of hydrogen-bond donors (Lipinski definition) is 1. The summed E-state index contributed by atoms with van der Waals surface area (Å²) >= 11 is 0. The minimum atomic E-state index is -1.02. The van der Waals surface area contributed by atoms with E-state index in [1.54, 1.807) is 0 Å². The number of phenolic OH excluding ortho intramolecular Hbond substituents is 1. The van der Waals surface area contributed by atoms with Gasteiger partial charge in [-0.05, 0) is 18.6 Å². The Morgan fingerprint density at radius 3 is 2.54 bits per heavy atom. The Labute approximate surface area is 73.8 Å². The Morgan fingerprint density at radius 1 is 1.38 bits per heavy atom. The van der Waals surface area contributed by atoms with E-state index in [9.17, 15) is 13.6 Å². The fourth-order valence-electron chi connectivity index (χ4n) is 0.984. The van der Waals surface area contributed by atoms with Gasteiger partial charge in [-0.1, -0.05) is 0 Å². The van der Waals surface area contributed by atoms with E-state index in [1.165, 1.54) is 6.92 Å². The molecule has 0 bridgehead atoms. The molecule has 0 saturated heterocycles. The van der Waals surface area contributed by atoms with Crippen LogP contribution in [0.4, 0.5) is 8.78 Å². The molecule has 0 unspecified atom stereocenters. The van der Waals surface area contributed by atoms with E-state index >= 15 is 0 Å². The molecule has 13 heavy (non-hydrogen) atoms. The van der Waals surface area contributed by atoms with Crippen molar-refractivity contribution in [2.24, 2.45) is 0 Å². The van der Waals surface area contributed by atoms with Gasteiger partial charge in [0.25, 0.3) is 0 Å². The zero-order valence-electron chi connectivity index (χ0n) is 6.97. The molecule has 0 aliphatic heterocycles. The van der Waals surface area contributed by atoms with Crippen molar-refractivity contribution in [1.82, 2.24) is 0 Å². The second-order valence-corrected chi connectivity index (χ2v) is 2.77. The molecule has 70 valence electrons. The molecule has 0 amide bonds. The molecule has 0 aliphatic carbocycles. The Bertz CT molecular complexity index is 348. The number of carbonyl (C=O) groups is 1. The molecule has 4 heteroatoms. The third-order valence-corrected chi connectivity index (χ3v) is 1.56. The van der Waals surface area contributed by atoms with Gasteiger partial charge in [0.1, 0.15) is 11.6 Å². The quantitative estimate of drug-likeness (QED) is 0.764. The lowest BCUT2D eigenvalue weighted by atomic mass is 10.1. The van der Waals surface area contributed by atoms with Gasteiger partial charge in [0.05, 0.1) is 0 Å². The summed E-state index contributed by atoms with van der Waals surface area (Å²) in [7, 11) is 0. The van der Waals surface area contributed by atoms with Crippen LogP contribution in [0, 0.1) is 11.6 Å². The summed E-state index contributed by atoms with van der Waals surface area (Å²) in [5, 5.41) is 8.88. The first-order valence-corrected chi connectivity index (χ1v) is 3.67. The minimum absolute atomic E-state index is 0.00593. The highest BCUT2D eigenvalue weighted by molar-refractivity contribution is 5.78. The summed E-state index contributed by atoms with van der Waals surface area (Å²) in [6.45, 7) is 1.29. The normalized spacial score (nSPS) is 10.1. The van der Waals surface area contributed by atoms with E-state index in [-0.39, 0.29) is 17.8 Å². The molecule has 0 saturated carbocycles. The predicted molar refractivity (Wildman–Crippen MR) is 42.4 cm³/mol. The summed E-state index contributed by atoms with van der Waals surface area (Å²) in [4.78, 5) is 10.6. The Hall–Kier alpha value is -1.45. The van der Waals surface area contributed by atoms with Crippen molar-refractivity contribution in [1.29, 1.82) is 0 Å². The van der Waals surface area contributed by atoms with E-state index < -0.39 is 17.4 Å². The van der Waals surface area contributed by atoms with Crippen molar-refractivity contribution in [2.45, 2.75) is 13.3 Å². The summed E-state index contributed by atoms with van der Waals surface area (Å²) in [6, 6.07) is 1.49. The van der Waals surface area contributed by atoms with Gasteiger partial charge >= 0.3 is 0 Å². The van der Waals surface area contributed by atoms with Crippen LogP contribution in [-0.4, -0.2) is 10.9 Å². The summed E-state index contributed by atoms with van der Waals surface area (Å²) in [6.07, 6.45) is -0.139. The van der Waals surface area contributed by atoms with Gasteiger partial charge in [-0.3, -0.25) is 4.79 Å². The van der Waals surface area contributed by atoms with Crippen molar-refractivity contribution in [2.75, 3.05) is 0 Å². The van der Waals surface area contributed by atoms with Gasteiger partial charge in [0.15, 0.2) is 11.6 Å². The van der Waals surface area contributed by atoms with Gasteiger partial charge in [-0.25, -0.2) is 8.78 Å². The molecule has 1 N–H and O–H groups in total. The molecule has 0 atom stereocenters. The van der Waals surface area contributed by atoms with E-state index in [1.807, 2.05) is 0 Å². The molecule has 0 heterocycles. The van der Waals surface area contributed by atoms with Crippen LogP contribution in [0.15, 0.2) is 12.1 Å². The van der Waals surface area contributed by atoms with Crippen LogP contribution in [0.5, 0.6) is 5.75 Å². The second kappa shape index (κ2) is 3.51. The molecule has 2 nitrogen and oxygen atoms in total. The van der Waals surface area contributed by atoms with Crippen LogP contribution in [0.25, 0.3) is 0 Å². The fourth-order valence-corrected chi connectivity index (χ4v) is 0.984. The van der Waals surface area contributed by atoms with Crippen molar-refractivity contribution in [3.05, 3.63) is 29.3 Å². The maximum atomic E-state index is 12.9. The van der Waals surface area contributed by atoms with Crippen LogP contribution in [0.2, 0.25) is 0 Å². The number of benzene rings is 1. The molecule has 0 radical (unpaired) electrons. The first-order chi connectivity index (χ1) is 6.00. The Balaban J connectivity index is 3.08. The number of ketones is 1. The van der Waals surface area contributed by atoms with Gasteiger partial charge in [-0.15, -0.1) is 0 Å². The Kier molecular flexibility index (Phi) is 2.60. The zero-order chi connectivity index (χ0) is 10.0. The molecule has 0 spiro atoms. The van der Waals surface area contributed by atoms with Crippen molar-refractivity contribution < 1.29 is 18.7 Å². The van der Waals surface area contributed by atoms with E-state index in [2.05, 4.69) is 0 Å². The van der Waals surface area contributed by atoms with Gasteiger partial charge in [0, 0.05) is 12.5 Å². The van der Waals surface area contributed by atoms with Crippen LogP contribution in [-0.2, 0) is 11.2 Å². The topological polar surface area (TPSA) is 37.3 Å². The predicted octanol–water partition coefficient (Wildman–Crippen LogP) is 1.80. The number of carbonyl (C=O) groups excluding carboxylic acids is 1. The molecule has 1 aromatic carbocycles.